The van der Waals surface area contributed by atoms with Crippen molar-refractivity contribution in [2.24, 2.45) is 0 Å². The number of hydrogen-bond acceptors (Lipinski definition) is 6. The van der Waals surface area contributed by atoms with Crippen molar-refractivity contribution >= 4 is 46.7 Å². The van der Waals surface area contributed by atoms with Crippen molar-refractivity contribution in [3.8, 4) is 0 Å². The molecule has 0 radical (unpaired) electrons. The van der Waals surface area contributed by atoms with Crippen LogP contribution < -0.4 is 21.3 Å². The molecular weight excluding hydrogens is 368 g/mol. The highest BCUT2D eigenvalue weighted by Crippen LogP contribution is 2.37. The van der Waals surface area contributed by atoms with Gasteiger partial charge in [-0.05, 0) is 37.1 Å². The summed E-state index contributed by atoms with van der Waals surface area (Å²) in [5.74, 6) is -0.336. The van der Waals surface area contributed by atoms with Crippen LogP contribution in [0.5, 0.6) is 0 Å². The predicted molar refractivity (Wildman–Crippen MR) is 104 cm³/mol. The van der Waals surface area contributed by atoms with Crippen molar-refractivity contribution in [2.75, 3.05) is 34.4 Å². The molecule has 8 nitrogen and oxygen atoms in total. The first-order valence-corrected chi connectivity index (χ1v) is 9.17. The third-order valence-corrected chi connectivity index (χ3v) is 5.03. The Morgan fingerprint density at radius 3 is 2.63 bits per heavy atom. The van der Waals surface area contributed by atoms with Crippen LogP contribution in [0.1, 0.15) is 30.7 Å². The Morgan fingerprint density at radius 1 is 1.22 bits per heavy atom. The van der Waals surface area contributed by atoms with E-state index in [1.807, 2.05) is 4.90 Å². The van der Waals surface area contributed by atoms with E-state index in [4.69, 9.17) is 17.3 Å². The van der Waals surface area contributed by atoms with Gasteiger partial charge in [0.05, 0.1) is 11.5 Å². The van der Waals surface area contributed by atoms with Gasteiger partial charge in [-0.3, -0.25) is 9.59 Å². The number of nitrogens with two attached hydrogens (primary N) is 1. The predicted octanol–water partition coefficient (Wildman–Crippen LogP) is 2.38. The molecule has 1 saturated heterocycles. The minimum absolute atomic E-state index is 0.0109. The van der Waals surface area contributed by atoms with Crippen molar-refractivity contribution in [3.05, 3.63) is 34.9 Å². The summed E-state index contributed by atoms with van der Waals surface area (Å²) in [6.45, 7) is 1.71. The molecule has 1 aromatic heterocycles. The van der Waals surface area contributed by atoms with Gasteiger partial charge in [0, 0.05) is 30.2 Å². The Labute approximate surface area is 161 Å². The summed E-state index contributed by atoms with van der Waals surface area (Å²) >= 11 is 5.87. The van der Waals surface area contributed by atoms with Crippen LogP contribution >= 0.6 is 11.6 Å². The van der Waals surface area contributed by atoms with E-state index >= 15 is 0 Å². The van der Waals surface area contributed by atoms with Gasteiger partial charge in [-0.2, -0.15) is 9.97 Å². The second-order valence-electron chi connectivity index (χ2n) is 6.67. The smallest absolute Gasteiger partial charge is 0.232 e. The molecule has 2 aliphatic rings. The zero-order chi connectivity index (χ0) is 19.0. The van der Waals surface area contributed by atoms with E-state index in [9.17, 15) is 9.59 Å². The summed E-state index contributed by atoms with van der Waals surface area (Å²) < 4.78 is 0. The number of hydrogen-bond donors (Lipinski definition) is 3. The van der Waals surface area contributed by atoms with Crippen molar-refractivity contribution in [1.82, 2.24) is 9.97 Å². The van der Waals surface area contributed by atoms with E-state index in [-0.39, 0.29) is 24.1 Å². The van der Waals surface area contributed by atoms with Gasteiger partial charge < -0.3 is 21.3 Å². The highest BCUT2D eigenvalue weighted by atomic mass is 35.5. The van der Waals surface area contributed by atoms with Crippen LogP contribution in [0.4, 0.5) is 23.3 Å². The van der Waals surface area contributed by atoms with E-state index in [0.29, 0.717) is 28.0 Å². The van der Waals surface area contributed by atoms with Crippen molar-refractivity contribution in [2.45, 2.75) is 25.2 Å². The van der Waals surface area contributed by atoms with Gasteiger partial charge in [-0.1, -0.05) is 11.6 Å². The van der Waals surface area contributed by atoms with Gasteiger partial charge in [0.25, 0.3) is 0 Å². The Morgan fingerprint density at radius 2 is 1.93 bits per heavy atom. The highest BCUT2D eigenvalue weighted by molar-refractivity contribution is 6.30. The van der Waals surface area contributed by atoms with Gasteiger partial charge >= 0.3 is 0 Å². The minimum Gasteiger partial charge on any atom is -0.383 e. The number of rotatable bonds is 3. The molecule has 4 N–H and O–H groups in total. The number of fused-ring (bicyclic) bond motifs is 1. The molecule has 0 spiro atoms. The maximum absolute atomic E-state index is 12.8. The molecule has 1 fully saturated rings. The fourth-order valence-electron chi connectivity index (χ4n) is 3.43. The molecular formula is C18H19ClN6O2. The summed E-state index contributed by atoms with van der Waals surface area (Å²) in [5, 5.41) is 6.10. The second-order valence-corrected chi connectivity index (χ2v) is 7.10. The van der Waals surface area contributed by atoms with Crippen LogP contribution in [0, 0.1) is 0 Å². The third-order valence-electron chi connectivity index (χ3n) is 4.78. The molecule has 2 aromatic rings. The number of carbonyl (C=O) groups excluding carboxylic acids is 2. The van der Waals surface area contributed by atoms with Crippen molar-refractivity contribution < 1.29 is 9.59 Å². The Hall–Kier alpha value is -2.87. The van der Waals surface area contributed by atoms with Gasteiger partial charge in [0.2, 0.25) is 17.8 Å². The maximum atomic E-state index is 12.8. The Kier molecular flexibility index (Phi) is 4.57. The first-order chi connectivity index (χ1) is 13.0. The summed E-state index contributed by atoms with van der Waals surface area (Å²) in [6, 6.07) is 6.75. The minimum atomic E-state index is -0.753. The Balaban J connectivity index is 1.64. The zero-order valence-corrected chi connectivity index (χ0v) is 15.3. The topological polar surface area (TPSA) is 113 Å². The molecule has 0 saturated carbocycles. The average molecular weight is 387 g/mol. The third kappa shape index (κ3) is 3.52. The molecule has 0 aliphatic carbocycles. The molecule has 9 heteroatoms. The lowest BCUT2D eigenvalue weighted by atomic mass is 9.92. The van der Waals surface area contributed by atoms with Crippen LogP contribution in [-0.2, 0) is 9.59 Å². The quantitative estimate of drug-likeness (QED) is 0.746. The number of anilines is 4. The van der Waals surface area contributed by atoms with Gasteiger partial charge in [0.1, 0.15) is 11.6 Å². The molecule has 4 rings (SSSR count). The van der Waals surface area contributed by atoms with Gasteiger partial charge in [0.15, 0.2) is 0 Å². The SMILES string of the molecule is Nc1nc(N2CCCC2)nc2c1[C@@H](C(=O)Nc1ccc(Cl)cc1)CC(=O)N2. The lowest BCUT2D eigenvalue weighted by Gasteiger charge is -2.26. The highest BCUT2D eigenvalue weighted by Gasteiger charge is 2.35. The van der Waals surface area contributed by atoms with E-state index in [1.165, 1.54) is 0 Å². The lowest BCUT2D eigenvalue weighted by molar-refractivity contribution is -0.123. The van der Waals surface area contributed by atoms with Crippen LogP contribution in [0.2, 0.25) is 5.02 Å². The summed E-state index contributed by atoms with van der Waals surface area (Å²) in [5.41, 5.74) is 7.22. The summed E-state index contributed by atoms with van der Waals surface area (Å²) in [7, 11) is 0. The monoisotopic (exact) mass is 386 g/mol. The van der Waals surface area contributed by atoms with Crippen LogP contribution in [0.15, 0.2) is 24.3 Å². The maximum Gasteiger partial charge on any atom is 0.232 e. The number of nitrogens with zero attached hydrogens (tertiary/aromatic N) is 3. The lowest BCUT2D eigenvalue weighted by Crippen LogP contribution is -2.33. The van der Waals surface area contributed by atoms with Crippen molar-refractivity contribution in [3.63, 3.8) is 0 Å². The molecule has 2 aliphatic heterocycles. The molecule has 27 heavy (non-hydrogen) atoms. The number of aromatic nitrogens is 2. The van der Waals surface area contributed by atoms with Crippen molar-refractivity contribution in [1.29, 1.82) is 0 Å². The molecule has 140 valence electrons. The number of halogens is 1. The van der Waals surface area contributed by atoms with E-state index in [0.717, 1.165) is 25.9 Å². The standard InChI is InChI=1S/C18H19ClN6O2/c19-10-3-5-11(6-4-10)21-17(27)12-9-13(26)22-16-14(12)15(20)23-18(24-16)25-7-1-2-8-25/h3-6,12H,1-2,7-9H2,(H,21,27)(H3,20,22,23,24,26)/t12-/m0/s1. The first-order valence-electron chi connectivity index (χ1n) is 8.80. The number of nitrogen functional groups attached to an aromatic ring is 1. The van der Waals surface area contributed by atoms with E-state index in [2.05, 4.69) is 20.6 Å². The number of nitrogens with one attached hydrogen (secondary N) is 2. The van der Waals surface area contributed by atoms with Crippen LogP contribution in [0.3, 0.4) is 0 Å². The summed E-state index contributed by atoms with van der Waals surface area (Å²) in [4.78, 5) is 35.8. The normalized spacial score (nSPS) is 18.8. The van der Waals surface area contributed by atoms with Crippen LogP contribution in [0.25, 0.3) is 0 Å². The zero-order valence-electron chi connectivity index (χ0n) is 14.5. The van der Waals surface area contributed by atoms with Gasteiger partial charge in [-0.15, -0.1) is 0 Å². The molecule has 2 amide bonds. The molecule has 3 heterocycles. The second kappa shape index (κ2) is 7.03. The largest absolute Gasteiger partial charge is 0.383 e. The fourth-order valence-corrected chi connectivity index (χ4v) is 3.55. The first kappa shape index (κ1) is 17.5. The summed E-state index contributed by atoms with van der Waals surface area (Å²) in [6.07, 6.45) is 2.13. The van der Waals surface area contributed by atoms with Crippen LogP contribution in [-0.4, -0.2) is 34.9 Å². The average Bonchev–Trinajstić information content (AvgIpc) is 3.17. The molecule has 1 aromatic carbocycles. The molecule has 0 unspecified atom stereocenters. The number of amides is 2. The molecule has 0 bridgehead atoms. The molecule has 1 atom stereocenters. The number of benzene rings is 1. The fraction of sp³-hybridized carbons (Fsp3) is 0.333. The van der Waals surface area contributed by atoms with Gasteiger partial charge in [-0.25, -0.2) is 0 Å². The Bertz CT molecular complexity index is 895. The van der Waals surface area contributed by atoms with E-state index < -0.39 is 5.92 Å². The van der Waals surface area contributed by atoms with E-state index in [1.54, 1.807) is 24.3 Å². The number of carbonyl (C=O) groups is 2.